The number of pyridine rings is 1. The summed E-state index contributed by atoms with van der Waals surface area (Å²) in [6.07, 6.45) is 6.25. The van der Waals surface area contributed by atoms with Gasteiger partial charge in [-0.2, -0.15) is 0 Å². The third-order valence-corrected chi connectivity index (χ3v) is 4.54. The smallest absolute Gasteiger partial charge is 0.0707 e. The molecule has 4 rings (SSSR count). The Morgan fingerprint density at radius 2 is 1.32 bits per heavy atom. The fraction of sp³-hybridized carbons (Fsp3) is 0.0870. The van der Waals surface area contributed by atoms with Crippen LogP contribution in [0.1, 0.15) is 11.1 Å². The molecule has 1 aromatic heterocycles. The second-order valence-corrected chi connectivity index (χ2v) is 6.36. The zero-order chi connectivity index (χ0) is 17.2. The molecule has 0 unspecified atom stereocenters. The fourth-order valence-electron chi connectivity index (χ4n) is 3.28. The van der Waals surface area contributed by atoms with Gasteiger partial charge in [0.25, 0.3) is 0 Å². The molecule has 0 aliphatic rings. The van der Waals surface area contributed by atoms with Crippen molar-refractivity contribution in [1.82, 2.24) is 4.98 Å². The van der Waals surface area contributed by atoms with Gasteiger partial charge in [0.2, 0.25) is 0 Å². The van der Waals surface area contributed by atoms with Gasteiger partial charge >= 0.3 is 0 Å². The van der Waals surface area contributed by atoms with Gasteiger partial charge in [-0.1, -0.05) is 60.7 Å². The summed E-state index contributed by atoms with van der Waals surface area (Å²) in [5.74, 6) is 0. The number of nitrogens with zero attached hydrogens (tertiary/aromatic N) is 2. The van der Waals surface area contributed by atoms with Crippen LogP contribution in [-0.2, 0) is 0 Å². The molecule has 0 bridgehead atoms. The summed E-state index contributed by atoms with van der Waals surface area (Å²) in [7, 11) is 4.17. The minimum Gasteiger partial charge on any atom is -0.377 e. The monoisotopic (exact) mass is 324 g/mol. The van der Waals surface area contributed by atoms with Crippen molar-refractivity contribution in [2.24, 2.45) is 0 Å². The normalized spacial score (nSPS) is 11.4. The molecule has 0 N–H and O–H groups in total. The van der Waals surface area contributed by atoms with Gasteiger partial charge < -0.3 is 4.90 Å². The molecule has 0 spiro atoms. The molecule has 25 heavy (non-hydrogen) atoms. The summed E-state index contributed by atoms with van der Waals surface area (Å²) in [4.78, 5) is 6.60. The van der Waals surface area contributed by atoms with Crippen LogP contribution in [0, 0.1) is 0 Å². The maximum atomic E-state index is 4.44. The van der Waals surface area contributed by atoms with Crippen LogP contribution < -0.4 is 4.90 Å². The first kappa shape index (κ1) is 15.4. The molecule has 0 amide bonds. The van der Waals surface area contributed by atoms with Crippen molar-refractivity contribution in [3.63, 3.8) is 0 Å². The highest BCUT2D eigenvalue weighted by molar-refractivity contribution is 6.01. The first-order valence-corrected chi connectivity index (χ1v) is 8.45. The van der Waals surface area contributed by atoms with Crippen molar-refractivity contribution in [2.45, 2.75) is 0 Å². The lowest BCUT2D eigenvalue weighted by Gasteiger charge is -2.16. The molecule has 0 aliphatic carbocycles. The third-order valence-electron chi connectivity index (χ3n) is 4.54. The highest BCUT2D eigenvalue weighted by Crippen LogP contribution is 2.30. The number of para-hydroxylation sites is 1. The Kier molecular flexibility index (Phi) is 3.95. The Balaban J connectivity index is 1.83. The van der Waals surface area contributed by atoms with E-state index in [-0.39, 0.29) is 0 Å². The Morgan fingerprint density at radius 3 is 2.08 bits per heavy atom. The first-order valence-electron chi connectivity index (χ1n) is 8.45. The highest BCUT2D eigenvalue weighted by atomic mass is 15.1. The second-order valence-electron chi connectivity index (χ2n) is 6.36. The van der Waals surface area contributed by atoms with Gasteiger partial charge in [0.15, 0.2) is 0 Å². The molecule has 2 nitrogen and oxygen atoms in total. The molecule has 2 heteroatoms. The quantitative estimate of drug-likeness (QED) is 0.486. The van der Waals surface area contributed by atoms with Gasteiger partial charge in [0, 0.05) is 36.8 Å². The summed E-state index contributed by atoms with van der Waals surface area (Å²) in [6.45, 7) is 0. The van der Waals surface area contributed by atoms with Gasteiger partial charge in [-0.15, -0.1) is 0 Å². The molecule has 4 aromatic rings. The van der Waals surface area contributed by atoms with E-state index in [1.54, 1.807) is 0 Å². The summed E-state index contributed by atoms with van der Waals surface area (Å²) in [5.41, 5.74) is 4.67. The maximum absolute atomic E-state index is 4.44. The van der Waals surface area contributed by atoms with E-state index in [2.05, 4.69) is 90.7 Å². The topological polar surface area (TPSA) is 16.1 Å². The van der Waals surface area contributed by atoms with Crippen molar-refractivity contribution in [1.29, 1.82) is 0 Å². The number of aromatic nitrogens is 1. The number of anilines is 1. The minimum atomic E-state index is 1.03. The van der Waals surface area contributed by atoms with Crippen molar-refractivity contribution < 1.29 is 0 Å². The van der Waals surface area contributed by atoms with Crippen molar-refractivity contribution >= 4 is 39.5 Å². The molecule has 0 aliphatic heterocycles. The van der Waals surface area contributed by atoms with Gasteiger partial charge in [0.1, 0.15) is 0 Å². The Hall–Kier alpha value is -3.13. The minimum absolute atomic E-state index is 1.03. The lowest BCUT2D eigenvalue weighted by molar-refractivity contribution is 1.14. The number of benzene rings is 3. The molecule has 122 valence electrons. The molecule has 0 atom stereocenters. The molecule has 1 heterocycles. The van der Waals surface area contributed by atoms with Crippen LogP contribution in [0.15, 0.2) is 72.9 Å². The van der Waals surface area contributed by atoms with E-state index in [1.807, 2.05) is 18.3 Å². The number of hydrogen-bond donors (Lipinski definition) is 0. The van der Waals surface area contributed by atoms with Crippen LogP contribution in [0.2, 0.25) is 0 Å². The molecular formula is C23H20N2. The van der Waals surface area contributed by atoms with E-state index < -0.39 is 0 Å². The lowest BCUT2D eigenvalue weighted by Crippen LogP contribution is -2.09. The van der Waals surface area contributed by atoms with Crippen LogP contribution in [-0.4, -0.2) is 19.1 Å². The zero-order valence-corrected chi connectivity index (χ0v) is 14.5. The predicted octanol–water partition coefficient (Wildman–Crippen LogP) is 5.62. The van der Waals surface area contributed by atoms with Crippen molar-refractivity contribution in [3.05, 3.63) is 84.1 Å². The standard InChI is InChI=1S/C23H20N2/c1-25(2)23-14-13-17(19-7-3-4-9-21(19)23)11-12-18-15-16-24-22-10-6-5-8-20(18)22/h3-16H,1-2H3. The molecule has 0 radical (unpaired) electrons. The van der Waals surface area contributed by atoms with Crippen LogP contribution >= 0.6 is 0 Å². The Labute approximate surface area is 148 Å². The Bertz CT molecular complexity index is 1070. The second kappa shape index (κ2) is 6.40. The van der Waals surface area contributed by atoms with Gasteiger partial charge in [-0.25, -0.2) is 0 Å². The molecule has 0 saturated heterocycles. The SMILES string of the molecule is CN(C)c1ccc(C=Cc2ccnc3ccccc23)c2ccccc12. The summed E-state index contributed by atoms with van der Waals surface area (Å²) >= 11 is 0. The lowest BCUT2D eigenvalue weighted by atomic mass is 10.0. The zero-order valence-electron chi connectivity index (χ0n) is 14.5. The average molecular weight is 324 g/mol. The fourth-order valence-corrected chi connectivity index (χ4v) is 3.28. The molecule has 0 fully saturated rings. The van der Waals surface area contributed by atoms with E-state index in [4.69, 9.17) is 0 Å². The molecule has 3 aromatic carbocycles. The van der Waals surface area contributed by atoms with Crippen LogP contribution in [0.25, 0.3) is 33.8 Å². The van der Waals surface area contributed by atoms with Gasteiger partial charge in [-0.05, 0) is 34.7 Å². The van der Waals surface area contributed by atoms with Crippen molar-refractivity contribution in [2.75, 3.05) is 19.0 Å². The average Bonchev–Trinajstić information content (AvgIpc) is 2.65. The van der Waals surface area contributed by atoms with Crippen molar-refractivity contribution in [3.8, 4) is 0 Å². The first-order chi connectivity index (χ1) is 12.2. The van der Waals surface area contributed by atoms with E-state index in [1.165, 1.54) is 33.0 Å². The molecular weight excluding hydrogens is 304 g/mol. The third kappa shape index (κ3) is 2.87. The van der Waals surface area contributed by atoms with E-state index in [0.29, 0.717) is 0 Å². The van der Waals surface area contributed by atoms with E-state index in [9.17, 15) is 0 Å². The summed E-state index contributed by atoms with van der Waals surface area (Å²) < 4.78 is 0. The number of fused-ring (bicyclic) bond motifs is 2. The van der Waals surface area contributed by atoms with Gasteiger partial charge in [0.05, 0.1) is 5.52 Å². The highest BCUT2D eigenvalue weighted by Gasteiger charge is 2.05. The van der Waals surface area contributed by atoms with E-state index in [0.717, 1.165) is 5.52 Å². The largest absolute Gasteiger partial charge is 0.377 e. The predicted molar refractivity (Wildman–Crippen MR) is 109 cm³/mol. The van der Waals surface area contributed by atoms with Crippen LogP contribution in [0.5, 0.6) is 0 Å². The van der Waals surface area contributed by atoms with Crippen LogP contribution in [0.4, 0.5) is 5.69 Å². The number of rotatable bonds is 3. The maximum Gasteiger partial charge on any atom is 0.0707 e. The Morgan fingerprint density at radius 1 is 0.680 bits per heavy atom. The summed E-state index contributed by atoms with van der Waals surface area (Å²) in [6, 6.07) is 23.3. The molecule has 0 saturated carbocycles. The number of hydrogen-bond acceptors (Lipinski definition) is 2. The summed E-state index contributed by atoms with van der Waals surface area (Å²) in [5, 5.41) is 3.72. The van der Waals surface area contributed by atoms with Crippen LogP contribution in [0.3, 0.4) is 0 Å². The van der Waals surface area contributed by atoms with Gasteiger partial charge in [-0.3, -0.25) is 4.98 Å². The van der Waals surface area contributed by atoms with E-state index >= 15 is 0 Å².